The van der Waals surface area contributed by atoms with Crippen LogP contribution in [0.1, 0.15) is 27.2 Å². The molecule has 0 N–H and O–H groups in total. The SMILES string of the molecule is CCC1(F)C(F)(F)C(F)(C(C)(F)F)C(F)(F)C(F)(C(C)(F)F)C1(F)F. The van der Waals surface area contributed by atoms with Gasteiger partial charge >= 0.3 is 29.1 Å². The van der Waals surface area contributed by atoms with Gasteiger partial charge < -0.3 is 0 Å². The van der Waals surface area contributed by atoms with Crippen LogP contribution in [0.25, 0.3) is 0 Å². The zero-order chi connectivity index (χ0) is 20.7. The zero-order valence-electron chi connectivity index (χ0n) is 12.6. The molecule has 0 aromatic heterocycles. The first-order chi connectivity index (χ1) is 10.6. The zero-order valence-corrected chi connectivity index (χ0v) is 12.6. The van der Waals surface area contributed by atoms with Gasteiger partial charge in [0.2, 0.25) is 5.67 Å². The lowest BCUT2D eigenvalue weighted by atomic mass is 9.58. The van der Waals surface area contributed by atoms with Crippen LogP contribution in [0.2, 0.25) is 0 Å². The second-order valence-electron chi connectivity index (χ2n) is 5.97. The third kappa shape index (κ3) is 1.87. The molecular weight excluding hydrogens is 391 g/mol. The second-order valence-corrected chi connectivity index (χ2v) is 5.97. The number of alkyl halides is 13. The molecule has 0 spiro atoms. The van der Waals surface area contributed by atoms with E-state index in [1.54, 1.807) is 0 Å². The Morgan fingerprint density at radius 2 is 0.800 bits per heavy atom. The molecule has 0 bridgehead atoms. The van der Waals surface area contributed by atoms with E-state index in [1.807, 2.05) is 0 Å². The van der Waals surface area contributed by atoms with Gasteiger partial charge in [0.1, 0.15) is 0 Å². The summed E-state index contributed by atoms with van der Waals surface area (Å²) in [7, 11) is 0. The molecule has 0 nitrogen and oxygen atoms in total. The van der Waals surface area contributed by atoms with Gasteiger partial charge in [0.05, 0.1) is 0 Å². The first-order valence-electron chi connectivity index (χ1n) is 6.52. The summed E-state index contributed by atoms with van der Waals surface area (Å²) in [5.41, 5.74) is -20.1. The quantitative estimate of drug-likeness (QED) is 0.528. The van der Waals surface area contributed by atoms with Gasteiger partial charge in [-0.3, -0.25) is 0 Å². The molecule has 0 aliphatic heterocycles. The predicted molar refractivity (Wildman–Crippen MR) is 57.9 cm³/mol. The monoisotopic (exact) mass is 402 g/mol. The van der Waals surface area contributed by atoms with Crippen molar-refractivity contribution in [1.29, 1.82) is 0 Å². The summed E-state index contributed by atoms with van der Waals surface area (Å²) in [4.78, 5) is 0. The molecule has 13 heteroatoms. The average molecular weight is 402 g/mol. The summed E-state index contributed by atoms with van der Waals surface area (Å²) in [5.74, 6) is -33.5. The van der Waals surface area contributed by atoms with Crippen LogP contribution in [0.4, 0.5) is 57.1 Å². The minimum atomic E-state index is -7.39. The molecule has 0 saturated heterocycles. The van der Waals surface area contributed by atoms with Crippen LogP contribution in [-0.4, -0.2) is 46.6 Å². The minimum absolute atomic E-state index is 0.0216. The van der Waals surface area contributed by atoms with Gasteiger partial charge in [-0.25, -0.2) is 30.7 Å². The number of rotatable bonds is 3. The lowest BCUT2D eigenvalue weighted by Crippen LogP contribution is -2.91. The fourth-order valence-corrected chi connectivity index (χ4v) is 2.92. The van der Waals surface area contributed by atoms with Gasteiger partial charge in [0.15, 0.2) is 0 Å². The molecule has 0 amide bonds. The summed E-state index contributed by atoms with van der Waals surface area (Å²) < 4.78 is 180. The van der Waals surface area contributed by atoms with E-state index in [0.29, 0.717) is 0 Å². The molecular formula is C12H11F13. The highest BCUT2D eigenvalue weighted by Crippen LogP contribution is 2.74. The lowest BCUT2D eigenvalue weighted by molar-refractivity contribution is -0.482. The molecule has 150 valence electrons. The standard InChI is InChI=1S/C12H11F13/c1-4-7(17)10(20,21)8(18,5(2,13)14)12(24,25)9(19,6(3,15)16)11(7,22)23/h4H2,1-3H3. The Balaban J connectivity index is 4.20. The Bertz CT molecular complexity index is 500. The van der Waals surface area contributed by atoms with Crippen LogP contribution in [0, 0.1) is 0 Å². The molecule has 2 atom stereocenters. The van der Waals surface area contributed by atoms with Crippen molar-refractivity contribution in [2.24, 2.45) is 0 Å². The molecule has 2 unspecified atom stereocenters. The van der Waals surface area contributed by atoms with Crippen LogP contribution < -0.4 is 0 Å². The summed E-state index contributed by atoms with van der Waals surface area (Å²) in [6, 6.07) is 0. The summed E-state index contributed by atoms with van der Waals surface area (Å²) >= 11 is 0. The van der Waals surface area contributed by atoms with E-state index in [1.165, 1.54) is 0 Å². The van der Waals surface area contributed by atoms with Crippen LogP contribution >= 0.6 is 0 Å². The fourth-order valence-electron chi connectivity index (χ4n) is 2.92. The number of halogens is 13. The molecule has 1 saturated carbocycles. The van der Waals surface area contributed by atoms with Crippen molar-refractivity contribution in [2.45, 2.75) is 73.8 Å². The Morgan fingerprint density at radius 1 is 0.560 bits per heavy atom. The highest BCUT2D eigenvalue weighted by molar-refractivity contribution is 5.36. The highest BCUT2D eigenvalue weighted by atomic mass is 19.3. The molecule has 0 heterocycles. The van der Waals surface area contributed by atoms with Crippen molar-refractivity contribution in [3.05, 3.63) is 0 Å². The topological polar surface area (TPSA) is 0 Å². The summed E-state index contributed by atoms with van der Waals surface area (Å²) in [6.45, 7) is -2.00. The Labute approximate surface area is 132 Å². The Kier molecular flexibility index (Phi) is 4.31. The average Bonchev–Trinajstić information content (AvgIpc) is 2.39. The van der Waals surface area contributed by atoms with Gasteiger partial charge in [-0.2, -0.15) is 26.3 Å². The maximum absolute atomic E-state index is 14.3. The Morgan fingerprint density at radius 3 is 0.960 bits per heavy atom. The van der Waals surface area contributed by atoms with Gasteiger partial charge in [-0.05, 0) is 6.42 Å². The molecule has 25 heavy (non-hydrogen) atoms. The number of hydrogen-bond acceptors (Lipinski definition) is 0. The van der Waals surface area contributed by atoms with Crippen LogP contribution in [0.3, 0.4) is 0 Å². The molecule has 0 aromatic rings. The largest absolute Gasteiger partial charge is 0.339 e. The van der Waals surface area contributed by atoms with E-state index in [4.69, 9.17) is 0 Å². The fraction of sp³-hybridized carbons (Fsp3) is 1.00. The first kappa shape index (κ1) is 22.1. The third-order valence-electron chi connectivity index (χ3n) is 4.42. The third-order valence-corrected chi connectivity index (χ3v) is 4.42. The maximum Gasteiger partial charge on any atom is 0.339 e. The van der Waals surface area contributed by atoms with Crippen molar-refractivity contribution < 1.29 is 57.1 Å². The van der Waals surface area contributed by atoms with Crippen molar-refractivity contribution in [2.75, 3.05) is 0 Å². The van der Waals surface area contributed by atoms with Gasteiger partial charge in [0, 0.05) is 13.8 Å². The lowest BCUT2D eigenvalue weighted by Gasteiger charge is -2.59. The molecule has 0 radical (unpaired) electrons. The maximum atomic E-state index is 14.3. The van der Waals surface area contributed by atoms with Crippen LogP contribution in [0.15, 0.2) is 0 Å². The molecule has 1 fully saturated rings. The van der Waals surface area contributed by atoms with Gasteiger partial charge in [-0.1, -0.05) is 6.92 Å². The normalized spacial score (nSPS) is 40.8. The van der Waals surface area contributed by atoms with Crippen molar-refractivity contribution >= 4 is 0 Å². The molecule has 1 rings (SSSR count). The summed E-state index contributed by atoms with van der Waals surface area (Å²) in [5, 5.41) is 0. The van der Waals surface area contributed by atoms with E-state index < -0.39 is 66.9 Å². The van der Waals surface area contributed by atoms with Crippen molar-refractivity contribution in [1.82, 2.24) is 0 Å². The van der Waals surface area contributed by atoms with Crippen LogP contribution in [0.5, 0.6) is 0 Å². The van der Waals surface area contributed by atoms with E-state index >= 15 is 0 Å². The Hall–Kier alpha value is -0.910. The molecule has 1 aliphatic rings. The summed E-state index contributed by atoms with van der Waals surface area (Å²) in [6.07, 6.45) is -2.42. The van der Waals surface area contributed by atoms with E-state index in [9.17, 15) is 57.1 Å². The van der Waals surface area contributed by atoms with E-state index in [2.05, 4.69) is 0 Å². The molecule has 0 aromatic carbocycles. The van der Waals surface area contributed by atoms with Crippen molar-refractivity contribution in [3.63, 3.8) is 0 Å². The first-order valence-corrected chi connectivity index (χ1v) is 6.52. The minimum Gasteiger partial charge on any atom is -0.230 e. The second kappa shape index (κ2) is 4.87. The van der Waals surface area contributed by atoms with Gasteiger partial charge in [-0.15, -0.1) is 0 Å². The predicted octanol–water partition coefficient (Wildman–Crippen LogP) is 5.75. The van der Waals surface area contributed by atoms with Crippen molar-refractivity contribution in [3.8, 4) is 0 Å². The van der Waals surface area contributed by atoms with Gasteiger partial charge in [0.25, 0.3) is 11.8 Å². The number of hydrogen-bond donors (Lipinski definition) is 0. The van der Waals surface area contributed by atoms with E-state index in [0.717, 1.165) is 0 Å². The van der Waals surface area contributed by atoms with Crippen LogP contribution in [-0.2, 0) is 0 Å². The highest BCUT2D eigenvalue weighted by Gasteiger charge is 3.04. The molecule has 1 aliphatic carbocycles. The smallest absolute Gasteiger partial charge is 0.230 e. The van der Waals surface area contributed by atoms with E-state index in [-0.39, 0.29) is 6.92 Å².